The lowest BCUT2D eigenvalue weighted by Gasteiger charge is -2.22. The van der Waals surface area contributed by atoms with E-state index in [1.54, 1.807) is 0 Å². The van der Waals surface area contributed by atoms with E-state index in [0.29, 0.717) is 6.42 Å². The molecule has 8 heteroatoms. The molecule has 0 bridgehead atoms. The average molecular weight is 467 g/mol. The lowest BCUT2D eigenvalue weighted by Crippen LogP contribution is -2.46. The number of ether oxygens (including phenoxy) is 1. The van der Waals surface area contributed by atoms with Crippen molar-refractivity contribution in [3.8, 4) is 11.1 Å². The van der Waals surface area contributed by atoms with Crippen LogP contribution in [-0.4, -0.2) is 54.0 Å². The Morgan fingerprint density at radius 3 is 2.26 bits per heavy atom. The second-order valence-electron chi connectivity index (χ2n) is 8.92. The SMILES string of the molecule is O=C(NC[C@H]1CCC[C@H]1C(=O)NC(CCO)C(=O)O)OCC1c2ccccc2-c2ccccc21. The van der Waals surface area contributed by atoms with Crippen molar-refractivity contribution >= 4 is 18.0 Å². The minimum absolute atomic E-state index is 0.0253. The number of carboxylic acids is 1. The van der Waals surface area contributed by atoms with Crippen molar-refractivity contribution in [2.24, 2.45) is 11.8 Å². The van der Waals surface area contributed by atoms with Crippen LogP contribution in [0.4, 0.5) is 4.79 Å². The van der Waals surface area contributed by atoms with E-state index in [1.807, 2.05) is 24.3 Å². The molecule has 8 nitrogen and oxygen atoms in total. The van der Waals surface area contributed by atoms with Crippen LogP contribution in [0.2, 0.25) is 0 Å². The van der Waals surface area contributed by atoms with Crippen molar-refractivity contribution in [2.45, 2.75) is 37.6 Å². The topological polar surface area (TPSA) is 125 Å². The van der Waals surface area contributed by atoms with E-state index in [0.717, 1.165) is 35.1 Å². The predicted octanol–water partition coefficient (Wildman–Crippen LogP) is 2.89. The third-order valence-electron chi connectivity index (χ3n) is 6.88. The molecule has 2 aromatic rings. The Kier molecular flexibility index (Phi) is 7.47. The summed E-state index contributed by atoms with van der Waals surface area (Å²) in [4.78, 5) is 36.4. The summed E-state index contributed by atoms with van der Waals surface area (Å²) in [5.41, 5.74) is 4.60. The van der Waals surface area contributed by atoms with Gasteiger partial charge in [-0.05, 0) is 41.0 Å². The smallest absolute Gasteiger partial charge is 0.407 e. The second-order valence-corrected chi connectivity index (χ2v) is 8.92. The predicted molar refractivity (Wildman–Crippen MR) is 125 cm³/mol. The Morgan fingerprint density at radius 1 is 1.00 bits per heavy atom. The molecule has 4 N–H and O–H groups in total. The van der Waals surface area contributed by atoms with Gasteiger partial charge in [0.1, 0.15) is 12.6 Å². The highest BCUT2D eigenvalue weighted by Gasteiger charge is 2.35. The maximum Gasteiger partial charge on any atom is 0.407 e. The Balaban J connectivity index is 1.30. The summed E-state index contributed by atoms with van der Waals surface area (Å²) in [5.74, 6) is -2.02. The van der Waals surface area contributed by atoms with Gasteiger partial charge >= 0.3 is 12.1 Å². The molecule has 2 amide bonds. The molecular weight excluding hydrogens is 436 g/mol. The number of benzene rings is 2. The van der Waals surface area contributed by atoms with Gasteiger partial charge in [-0.25, -0.2) is 9.59 Å². The number of aliphatic hydroxyl groups excluding tert-OH is 1. The number of amides is 2. The van der Waals surface area contributed by atoms with E-state index in [2.05, 4.69) is 34.9 Å². The molecule has 4 rings (SSSR count). The van der Waals surface area contributed by atoms with Gasteiger partial charge in [0.2, 0.25) is 5.91 Å². The number of aliphatic hydroxyl groups is 1. The van der Waals surface area contributed by atoms with Crippen LogP contribution < -0.4 is 10.6 Å². The third kappa shape index (κ3) is 5.07. The van der Waals surface area contributed by atoms with Gasteiger partial charge in [-0.3, -0.25) is 4.79 Å². The number of carbonyl (C=O) groups is 3. The van der Waals surface area contributed by atoms with Gasteiger partial charge in [0.15, 0.2) is 0 Å². The van der Waals surface area contributed by atoms with Gasteiger partial charge in [0.05, 0.1) is 0 Å². The van der Waals surface area contributed by atoms with Gasteiger partial charge in [0.25, 0.3) is 0 Å². The van der Waals surface area contributed by atoms with E-state index in [-0.39, 0.29) is 49.8 Å². The van der Waals surface area contributed by atoms with Gasteiger partial charge in [-0.1, -0.05) is 55.0 Å². The minimum atomic E-state index is -1.17. The fourth-order valence-electron chi connectivity index (χ4n) is 5.16. The van der Waals surface area contributed by atoms with Gasteiger partial charge in [0, 0.05) is 31.4 Å². The molecule has 1 unspecified atom stereocenters. The maximum atomic E-state index is 12.6. The van der Waals surface area contributed by atoms with E-state index in [9.17, 15) is 19.5 Å². The van der Waals surface area contributed by atoms with Gasteiger partial charge < -0.3 is 25.6 Å². The average Bonchev–Trinajstić information content (AvgIpc) is 3.44. The zero-order valence-corrected chi connectivity index (χ0v) is 18.9. The molecule has 0 heterocycles. The van der Waals surface area contributed by atoms with E-state index in [1.165, 1.54) is 0 Å². The van der Waals surface area contributed by atoms with Crippen LogP contribution in [0.15, 0.2) is 48.5 Å². The first-order valence-corrected chi connectivity index (χ1v) is 11.7. The summed E-state index contributed by atoms with van der Waals surface area (Å²) in [6.07, 6.45) is 1.65. The van der Waals surface area contributed by atoms with Gasteiger partial charge in [-0.15, -0.1) is 0 Å². The number of alkyl carbamates (subject to hydrolysis) is 1. The first kappa shape index (κ1) is 23.8. The fraction of sp³-hybridized carbons (Fsp3) is 0.423. The lowest BCUT2D eigenvalue weighted by molar-refractivity contribution is -0.143. The number of aliphatic carboxylic acids is 1. The van der Waals surface area contributed by atoms with Crippen molar-refractivity contribution in [3.63, 3.8) is 0 Å². The summed E-state index contributed by atoms with van der Waals surface area (Å²) >= 11 is 0. The van der Waals surface area contributed by atoms with Crippen LogP contribution in [0.3, 0.4) is 0 Å². The Morgan fingerprint density at radius 2 is 1.65 bits per heavy atom. The molecule has 0 saturated heterocycles. The monoisotopic (exact) mass is 466 g/mol. The molecule has 3 atom stereocenters. The molecule has 2 aromatic carbocycles. The van der Waals surface area contributed by atoms with Crippen molar-refractivity contribution < 1.29 is 29.3 Å². The molecule has 1 fully saturated rings. The number of carbonyl (C=O) groups excluding carboxylic acids is 2. The summed E-state index contributed by atoms with van der Waals surface area (Å²) in [6, 6.07) is 15.1. The highest BCUT2D eigenvalue weighted by atomic mass is 16.5. The largest absolute Gasteiger partial charge is 0.480 e. The summed E-state index contributed by atoms with van der Waals surface area (Å²) in [5, 5.41) is 23.5. The van der Waals surface area contributed by atoms with E-state index in [4.69, 9.17) is 9.84 Å². The summed E-state index contributed by atoms with van der Waals surface area (Å²) in [6.45, 7) is 0.178. The molecule has 1 saturated carbocycles. The standard InChI is InChI=1S/C26H30N2O6/c29-13-12-23(25(31)32)28-24(30)17-11-5-6-16(17)14-27-26(33)34-15-22-20-9-3-1-7-18(20)19-8-2-4-10-21(19)22/h1-4,7-10,16-17,22-23,29H,5-6,11-15H2,(H,27,33)(H,28,30)(H,31,32)/t16-,17-,23?/m1/s1. The molecule has 0 spiro atoms. The quantitative estimate of drug-likeness (QED) is 0.450. The van der Waals surface area contributed by atoms with E-state index < -0.39 is 18.1 Å². The zero-order valence-electron chi connectivity index (χ0n) is 18.9. The van der Waals surface area contributed by atoms with Crippen LogP contribution >= 0.6 is 0 Å². The van der Waals surface area contributed by atoms with Crippen molar-refractivity contribution in [1.29, 1.82) is 0 Å². The highest BCUT2D eigenvalue weighted by Crippen LogP contribution is 2.44. The fourth-order valence-corrected chi connectivity index (χ4v) is 5.16. The molecule has 180 valence electrons. The molecule has 0 aliphatic heterocycles. The summed E-state index contributed by atoms with van der Waals surface area (Å²) < 4.78 is 5.57. The Bertz CT molecular complexity index is 1010. The maximum absolute atomic E-state index is 12.6. The Labute approximate surface area is 198 Å². The van der Waals surface area contributed by atoms with Crippen molar-refractivity contribution in [1.82, 2.24) is 10.6 Å². The van der Waals surface area contributed by atoms with Crippen LogP contribution in [0, 0.1) is 11.8 Å². The van der Waals surface area contributed by atoms with Crippen LogP contribution in [-0.2, 0) is 14.3 Å². The normalized spacial score (nSPS) is 19.7. The number of hydrogen-bond acceptors (Lipinski definition) is 5. The molecule has 0 aromatic heterocycles. The van der Waals surface area contributed by atoms with Gasteiger partial charge in [-0.2, -0.15) is 0 Å². The molecular formula is C26H30N2O6. The minimum Gasteiger partial charge on any atom is -0.480 e. The number of hydrogen-bond donors (Lipinski definition) is 4. The van der Waals surface area contributed by atoms with Crippen LogP contribution in [0.1, 0.15) is 42.7 Å². The molecule has 0 radical (unpaired) electrons. The second kappa shape index (κ2) is 10.7. The Hall–Kier alpha value is -3.39. The summed E-state index contributed by atoms with van der Waals surface area (Å²) in [7, 11) is 0. The zero-order chi connectivity index (χ0) is 24.1. The third-order valence-corrected chi connectivity index (χ3v) is 6.88. The lowest BCUT2D eigenvalue weighted by atomic mass is 9.94. The van der Waals surface area contributed by atoms with Crippen LogP contribution in [0.25, 0.3) is 11.1 Å². The molecule has 2 aliphatic carbocycles. The first-order valence-electron chi connectivity index (χ1n) is 11.7. The van der Waals surface area contributed by atoms with Crippen LogP contribution in [0.5, 0.6) is 0 Å². The molecule has 34 heavy (non-hydrogen) atoms. The van der Waals surface area contributed by atoms with Crippen molar-refractivity contribution in [3.05, 3.63) is 59.7 Å². The molecule has 2 aliphatic rings. The number of nitrogens with one attached hydrogen (secondary N) is 2. The number of carboxylic acid groups (broad SMARTS) is 1. The van der Waals surface area contributed by atoms with Crippen molar-refractivity contribution in [2.75, 3.05) is 19.8 Å². The van der Waals surface area contributed by atoms with E-state index >= 15 is 0 Å². The number of fused-ring (bicyclic) bond motifs is 3. The highest BCUT2D eigenvalue weighted by molar-refractivity contribution is 5.85. The number of rotatable bonds is 9. The first-order chi connectivity index (χ1) is 16.5.